The molecule has 4 aliphatic rings. The molecular formula is C34H50BFN4O8. The number of fused-ring (bicyclic) bond motifs is 1. The van der Waals surface area contributed by atoms with Gasteiger partial charge in [0, 0.05) is 25.1 Å². The quantitative estimate of drug-likeness (QED) is 0.368. The van der Waals surface area contributed by atoms with Gasteiger partial charge in [0.1, 0.15) is 29.6 Å². The molecule has 3 N–H and O–H groups in total. The Labute approximate surface area is 282 Å². The van der Waals surface area contributed by atoms with Gasteiger partial charge in [0.05, 0.1) is 19.0 Å². The predicted molar refractivity (Wildman–Crippen MR) is 175 cm³/mol. The molecule has 0 unspecified atom stereocenters. The predicted octanol–water partition coefficient (Wildman–Crippen LogP) is 4.06. The van der Waals surface area contributed by atoms with Crippen LogP contribution in [-0.2, 0) is 36.8 Å². The van der Waals surface area contributed by atoms with Crippen LogP contribution in [-0.4, -0.2) is 88.8 Å². The summed E-state index contributed by atoms with van der Waals surface area (Å²) >= 11 is 0. The number of benzene rings is 1. The summed E-state index contributed by atoms with van der Waals surface area (Å²) in [5, 5.41) is 16.5. The van der Waals surface area contributed by atoms with Gasteiger partial charge in [-0.15, -0.1) is 0 Å². The lowest BCUT2D eigenvalue weighted by Gasteiger charge is -2.35. The van der Waals surface area contributed by atoms with Crippen molar-refractivity contribution in [3.63, 3.8) is 0 Å². The van der Waals surface area contributed by atoms with Crippen LogP contribution >= 0.6 is 0 Å². The molecule has 1 saturated carbocycles. The van der Waals surface area contributed by atoms with E-state index < -0.39 is 66.7 Å². The first-order valence-electron chi connectivity index (χ1n) is 17.5. The largest absolute Gasteiger partial charge is 0.478 e. The number of nitrogens with one attached hydrogen (secondary N) is 2. The molecule has 3 fully saturated rings. The molecule has 4 amide bonds. The topological polar surface area (TPSA) is 147 Å². The van der Waals surface area contributed by atoms with Gasteiger partial charge in [-0.25, -0.2) is 14.0 Å². The monoisotopic (exact) mass is 672 g/mol. The summed E-state index contributed by atoms with van der Waals surface area (Å²) in [5.74, 6) is -2.22. The highest BCUT2D eigenvalue weighted by molar-refractivity contribution is 6.45. The highest BCUT2D eigenvalue weighted by Crippen LogP contribution is 2.32. The second-order valence-electron chi connectivity index (χ2n) is 14.6. The third kappa shape index (κ3) is 8.60. The van der Waals surface area contributed by atoms with Crippen LogP contribution in [0.4, 0.5) is 14.0 Å². The first kappa shape index (κ1) is 35.9. The lowest BCUT2D eigenvalue weighted by molar-refractivity contribution is -0.141. The van der Waals surface area contributed by atoms with E-state index in [1.54, 1.807) is 32.9 Å². The van der Waals surface area contributed by atoms with Crippen molar-refractivity contribution in [3.05, 3.63) is 35.1 Å². The standard InChI is InChI=1S/C34H50BFN4O8/c1-5-21-14-10-16-46-35(45)29(21)38-30(41)27-17-24(47-33(44)39-18-23-13-9-15-26(36)25(23)20-39)19-40(27)31(42)28(22-11-7-6-8-12-22)37-32(43)48-34(2,3)4/h9,13,15,21-22,24,27-29,45H,5-8,10-12,14,16-20H2,1-4H3,(H,37,43)(H,38,41)/t21-,24+,27-,28-,29-/m0/s1. The van der Waals surface area contributed by atoms with E-state index in [9.17, 15) is 28.6 Å². The van der Waals surface area contributed by atoms with Crippen LogP contribution in [0.5, 0.6) is 0 Å². The average molecular weight is 673 g/mol. The number of nitrogens with zero attached hydrogens (tertiary/aromatic N) is 2. The molecule has 2 saturated heterocycles. The average Bonchev–Trinajstić information content (AvgIpc) is 3.63. The zero-order valence-electron chi connectivity index (χ0n) is 28.5. The number of alkyl carbamates (subject to hydrolysis) is 1. The zero-order chi connectivity index (χ0) is 34.6. The normalized spacial score (nSPS) is 25.6. The maximum atomic E-state index is 14.5. The molecule has 1 aromatic rings. The van der Waals surface area contributed by atoms with Crippen molar-refractivity contribution in [1.29, 1.82) is 0 Å². The fraction of sp³-hybridized carbons (Fsp3) is 0.706. The Hall–Kier alpha value is -3.39. The van der Waals surface area contributed by atoms with E-state index in [1.165, 1.54) is 15.9 Å². The third-order valence-corrected chi connectivity index (χ3v) is 10.0. The molecule has 14 heteroatoms. The second-order valence-corrected chi connectivity index (χ2v) is 14.6. The molecule has 48 heavy (non-hydrogen) atoms. The maximum absolute atomic E-state index is 14.5. The molecule has 3 aliphatic heterocycles. The number of hydrogen-bond acceptors (Lipinski definition) is 8. The molecule has 1 aliphatic carbocycles. The Bertz CT molecular complexity index is 1340. The van der Waals surface area contributed by atoms with Gasteiger partial charge in [0.15, 0.2) is 0 Å². The van der Waals surface area contributed by atoms with Gasteiger partial charge < -0.3 is 34.7 Å². The van der Waals surface area contributed by atoms with Crippen molar-refractivity contribution in [2.75, 3.05) is 13.2 Å². The zero-order valence-corrected chi connectivity index (χ0v) is 28.5. The van der Waals surface area contributed by atoms with Crippen LogP contribution in [0.15, 0.2) is 18.2 Å². The van der Waals surface area contributed by atoms with E-state index in [2.05, 4.69) is 10.6 Å². The van der Waals surface area contributed by atoms with Crippen LogP contribution in [0.1, 0.15) is 96.6 Å². The maximum Gasteiger partial charge on any atom is 0.478 e. The van der Waals surface area contributed by atoms with Crippen LogP contribution in [0, 0.1) is 17.7 Å². The first-order chi connectivity index (χ1) is 22.8. The summed E-state index contributed by atoms with van der Waals surface area (Å²) in [4.78, 5) is 57.6. The lowest BCUT2D eigenvalue weighted by atomic mass is 9.69. The van der Waals surface area contributed by atoms with Gasteiger partial charge in [-0.3, -0.25) is 14.5 Å². The number of rotatable bonds is 7. The fourth-order valence-electron chi connectivity index (χ4n) is 7.54. The van der Waals surface area contributed by atoms with Crippen LogP contribution in [0.25, 0.3) is 0 Å². The van der Waals surface area contributed by atoms with Crippen molar-refractivity contribution in [2.45, 2.75) is 128 Å². The van der Waals surface area contributed by atoms with Crippen LogP contribution in [0.2, 0.25) is 0 Å². The highest BCUT2D eigenvalue weighted by atomic mass is 19.1. The second kappa shape index (κ2) is 15.4. The van der Waals surface area contributed by atoms with Crippen molar-refractivity contribution in [3.8, 4) is 0 Å². The van der Waals surface area contributed by atoms with Crippen molar-refractivity contribution < 1.29 is 42.7 Å². The van der Waals surface area contributed by atoms with Gasteiger partial charge in [-0.05, 0) is 69.9 Å². The van der Waals surface area contributed by atoms with E-state index >= 15 is 0 Å². The van der Waals surface area contributed by atoms with E-state index in [0.29, 0.717) is 24.2 Å². The van der Waals surface area contributed by atoms with Crippen molar-refractivity contribution in [2.24, 2.45) is 11.8 Å². The van der Waals surface area contributed by atoms with Crippen LogP contribution < -0.4 is 10.6 Å². The Morgan fingerprint density at radius 1 is 1.10 bits per heavy atom. The molecule has 264 valence electrons. The Morgan fingerprint density at radius 2 is 1.85 bits per heavy atom. The molecule has 0 bridgehead atoms. The van der Waals surface area contributed by atoms with Crippen LogP contribution in [0.3, 0.4) is 0 Å². The summed E-state index contributed by atoms with van der Waals surface area (Å²) < 4.78 is 31.3. The molecule has 0 spiro atoms. The molecule has 12 nitrogen and oxygen atoms in total. The number of hydrogen-bond donors (Lipinski definition) is 3. The number of likely N-dealkylation sites (tertiary alicyclic amines) is 1. The molecule has 0 aromatic heterocycles. The first-order valence-corrected chi connectivity index (χ1v) is 17.5. The number of carbonyl (C=O) groups excluding carboxylic acids is 4. The Balaban J connectivity index is 1.37. The fourth-order valence-corrected chi connectivity index (χ4v) is 7.54. The van der Waals surface area contributed by atoms with E-state index in [4.69, 9.17) is 14.1 Å². The van der Waals surface area contributed by atoms with E-state index in [1.807, 2.05) is 6.92 Å². The molecule has 1 aromatic carbocycles. The molecule has 5 atom stereocenters. The van der Waals surface area contributed by atoms with E-state index in [0.717, 1.165) is 44.9 Å². The number of carbonyl (C=O) groups is 4. The van der Waals surface area contributed by atoms with Gasteiger partial charge in [-0.1, -0.05) is 44.7 Å². The SMILES string of the molecule is CC[C@H]1CCCOB(O)[C@H]1NC(=O)[C@@H]1C[C@@H](OC(=O)N2Cc3cccc(F)c3C2)CN1C(=O)[C@@H](NC(=O)OC(C)(C)C)C1CCCCC1. The molecular weight excluding hydrogens is 622 g/mol. The molecule has 3 heterocycles. The Kier molecular flexibility index (Phi) is 11.6. The summed E-state index contributed by atoms with van der Waals surface area (Å²) in [6.45, 7) is 7.76. The number of amides is 4. The van der Waals surface area contributed by atoms with Crippen molar-refractivity contribution in [1.82, 2.24) is 20.4 Å². The molecule has 0 radical (unpaired) electrons. The minimum Gasteiger partial charge on any atom is -0.444 e. The third-order valence-electron chi connectivity index (χ3n) is 10.0. The highest BCUT2D eigenvalue weighted by Gasteiger charge is 2.47. The minimum atomic E-state index is -1.21. The Morgan fingerprint density at radius 3 is 2.54 bits per heavy atom. The number of ether oxygens (including phenoxy) is 2. The summed E-state index contributed by atoms with van der Waals surface area (Å²) in [5.41, 5.74) is 0.355. The van der Waals surface area contributed by atoms with Gasteiger partial charge in [0.2, 0.25) is 11.8 Å². The molecule has 5 rings (SSSR count). The lowest BCUT2D eigenvalue weighted by Crippen LogP contribution is -2.59. The van der Waals surface area contributed by atoms with Gasteiger partial charge in [-0.2, -0.15) is 0 Å². The van der Waals surface area contributed by atoms with Gasteiger partial charge in [0.25, 0.3) is 0 Å². The smallest absolute Gasteiger partial charge is 0.444 e. The van der Waals surface area contributed by atoms with Gasteiger partial charge >= 0.3 is 19.3 Å². The van der Waals surface area contributed by atoms with Crippen molar-refractivity contribution >= 4 is 31.1 Å². The number of halogens is 1. The van der Waals surface area contributed by atoms with E-state index in [-0.39, 0.29) is 37.9 Å². The summed E-state index contributed by atoms with van der Waals surface area (Å²) in [6, 6.07) is 2.73. The summed E-state index contributed by atoms with van der Waals surface area (Å²) in [6.07, 6.45) is 4.31. The summed E-state index contributed by atoms with van der Waals surface area (Å²) in [7, 11) is -1.21. The minimum absolute atomic E-state index is 0.0166.